The Morgan fingerprint density at radius 2 is 1.95 bits per heavy atom. The van der Waals surface area contributed by atoms with Crippen LogP contribution >= 0.6 is 0 Å². The normalized spacial score (nSPS) is 11.8. The summed E-state index contributed by atoms with van der Waals surface area (Å²) in [7, 11) is 0. The number of nitrogens with zero attached hydrogens (tertiary/aromatic N) is 2. The summed E-state index contributed by atoms with van der Waals surface area (Å²) in [6, 6.07) is 7.54. The lowest BCUT2D eigenvalue weighted by molar-refractivity contribution is -0.137. The molecular formula is C13H8F3N3O2. The molecule has 0 atom stereocenters. The van der Waals surface area contributed by atoms with Crippen LogP contribution in [0.3, 0.4) is 0 Å². The van der Waals surface area contributed by atoms with Gasteiger partial charge in [0.2, 0.25) is 5.88 Å². The van der Waals surface area contributed by atoms with Crippen molar-refractivity contribution < 1.29 is 22.4 Å². The third-order valence-electron chi connectivity index (χ3n) is 2.72. The number of hydrogen-bond acceptors (Lipinski definition) is 5. The Bertz CT molecular complexity index is 799. The van der Waals surface area contributed by atoms with E-state index in [4.69, 9.17) is 15.0 Å². The van der Waals surface area contributed by atoms with Gasteiger partial charge in [-0.05, 0) is 24.3 Å². The topological polar surface area (TPSA) is 74.2 Å². The molecule has 3 aromatic rings. The van der Waals surface area contributed by atoms with Crippen molar-refractivity contribution in [2.75, 3.05) is 5.73 Å². The minimum Gasteiger partial charge on any atom is -0.439 e. The van der Waals surface area contributed by atoms with Crippen LogP contribution in [0, 0.1) is 0 Å². The molecule has 0 aliphatic heterocycles. The predicted octanol–water partition coefficient (Wildman–Crippen LogP) is 3.62. The van der Waals surface area contributed by atoms with E-state index in [1.165, 1.54) is 18.2 Å². The molecule has 8 heteroatoms. The Labute approximate surface area is 116 Å². The van der Waals surface area contributed by atoms with E-state index in [1.807, 2.05) is 0 Å². The van der Waals surface area contributed by atoms with E-state index in [2.05, 4.69) is 10.1 Å². The molecule has 21 heavy (non-hydrogen) atoms. The molecule has 0 aliphatic carbocycles. The molecule has 0 amide bonds. The van der Waals surface area contributed by atoms with Gasteiger partial charge in [-0.2, -0.15) is 18.2 Å². The molecule has 0 bridgehead atoms. The van der Waals surface area contributed by atoms with E-state index in [1.54, 1.807) is 6.07 Å². The molecule has 1 aromatic carbocycles. The molecule has 0 unspecified atom stereocenters. The summed E-state index contributed by atoms with van der Waals surface area (Å²) in [6.45, 7) is 0. The van der Waals surface area contributed by atoms with Crippen LogP contribution in [-0.2, 0) is 6.18 Å². The first-order valence-electron chi connectivity index (χ1n) is 5.80. The minimum atomic E-state index is -4.43. The van der Waals surface area contributed by atoms with Crippen LogP contribution in [0.15, 0.2) is 40.9 Å². The number of hydrogen-bond donors (Lipinski definition) is 1. The van der Waals surface area contributed by atoms with Gasteiger partial charge in [0.25, 0.3) is 5.71 Å². The molecule has 3 rings (SSSR count). The Balaban J connectivity index is 1.91. The fraction of sp³-hybridized carbons (Fsp3) is 0.0769. The van der Waals surface area contributed by atoms with Gasteiger partial charge in [-0.25, -0.2) is 0 Å². The molecule has 2 heterocycles. The highest BCUT2D eigenvalue weighted by Gasteiger charge is 2.30. The number of aromatic nitrogens is 2. The van der Waals surface area contributed by atoms with Crippen LogP contribution < -0.4 is 10.5 Å². The number of ether oxygens (including phenoxy) is 1. The Kier molecular flexibility index (Phi) is 2.93. The van der Waals surface area contributed by atoms with Crippen molar-refractivity contribution in [2.24, 2.45) is 0 Å². The van der Waals surface area contributed by atoms with Gasteiger partial charge in [0.1, 0.15) is 5.75 Å². The molecule has 0 aliphatic rings. The van der Waals surface area contributed by atoms with Crippen LogP contribution in [0.2, 0.25) is 0 Å². The zero-order valence-corrected chi connectivity index (χ0v) is 10.4. The fourth-order valence-corrected chi connectivity index (χ4v) is 1.74. The molecule has 5 nitrogen and oxygen atoms in total. The molecule has 2 N–H and O–H groups in total. The van der Waals surface area contributed by atoms with Crippen LogP contribution in [0.4, 0.5) is 19.0 Å². The standard InChI is InChI=1S/C13H8F3N3O2/c14-13(15,16)7-2-1-3-8(6-7)20-10-5-4-9-11(17)19-21-12(9)18-10/h1-6H,(H2,17,19). The van der Waals surface area contributed by atoms with Gasteiger partial charge in [-0.15, -0.1) is 0 Å². The SMILES string of the molecule is Nc1noc2nc(Oc3cccc(C(F)(F)F)c3)ccc12. The quantitative estimate of drug-likeness (QED) is 0.781. The van der Waals surface area contributed by atoms with E-state index in [0.717, 1.165) is 12.1 Å². The van der Waals surface area contributed by atoms with E-state index < -0.39 is 11.7 Å². The summed E-state index contributed by atoms with van der Waals surface area (Å²) < 4.78 is 48.0. The molecule has 0 fully saturated rings. The number of benzene rings is 1. The summed E-state index contributed by atoms with van der Waals surface area (Å²) in [5, 5.41) is 4.03. The van der Waals surface area contributed by atoms with Crippen molar-refractivity contribution in [1.29, 1.82) is 0 Å². The summed E-state index contributed by atoms with van der Waals surface area (Å²) in [4.78, 5) is 3.97. The Hall–Kier alpha value is -2.77. The van der Waals surface area contributed by atoms with Crippen molar-refractivity contribution in [2.45, 2.75) is 6.18 Å². The molecule has 0 radical (unpaired) electrons. The zero-order chi connectivity index (χ0) is 15.0. The van der Waals surface area contributed by atoms with Gasteiger partial charge in [0.15, 0.2) is 5.82 Å². The maximum Gasteiger partial charge on any atom is 0.416 e. The predicted molar refractivity (Wildman–Crippen MR) is 67.7 cm³/mol. The van der Waals surface area contributed by atoms with Crippen LogP contribution in [0.5, 0.6) is 11.6 Å². The van der Waals surface area contributed by atoms with Crippen molar-refractivity contribution in [1.82, 2.24) is 10.1 Å². The van der Waals surface area contributed by atoms with E-state index in [0.29, 0.717) is 5.39 Å². The number of alkyl halides is 3. The third kappa shape index (κ3) is 2.60. The van der Waals surface area contributed by atoms with Crippen LogP contribution in [-0.4, -0.2) is 10.1 Å². The van der Waals surface area contributed by atoms with Gasteiger partial charge >= 0.3 is 6.18 Å². The third-order valence-corrected chi connectivity index (χ3v) is 2.72. The largest absolute Gasteiger partial charge is 0.439 e. The summed E-state index contributed by atoms with van der Waals surface area (Å²) in [5.74, 6) is 0.283. The second kappa shape index (κ2) is 4.65. The first kappa shape index (κ1) is 13.2. The average Bonchev–Trinajstić information content (AvgIpc) is 2.79. The summed E-state index contributed by atoms with van der Waals surface area (Å²) in [5.41, 5.74) is 4.88. The number of nitrogens with two attached hydrogens (primary N) is 1. The molecular weight excluding hydrogens is 287 g/mol. The molecule has 0 spiro atoms. The first-order valence-corrected chi connectivity index (χ1v) is 5.80. The van der Waals surface area contributed by atoms with Crippen LogP contribution in [0.25, 0.3) is 11.1 Å². The summed E-state index contributed by atoms with van der Waals surface area (Å²) >= 11 is 0. The van der Waals surface area contributed by atoms with Gasteiger partial charge in [0.05, 0.1) is 10.9 Å². The molecule has 0 saturated heterocycles. The van der Waals surface area contributed by atoms with Crippen LogP contribution in [0.1, 0.15) is 5.56 Å². The van der Waals surface area contributed by atoms with E-state index >= 15 is 0 Å². The second-order valence-corrected chi connectivity index (χ2v) is 4.20. The van der Waals surface area contributed by atoms with Gasteiger partial charge in [0, 0.05) is 6.07 Å². The lowest BCUT2D eigenvalue weighted by atomic mass is 10.2. The summed E-state index contributed by atoms with van der Waals surface area (Å²) in [6.07, 6.45) is -4.43. The number of halogens is 3. The van der Waals surface area contributed by atoms with E-state index in [9.17, 15) is 13.2 Å². The van der Waals surface area contributed by atoms with Gasteiger partial charge in [-0.3, -0.25) is 0 Å². The number of nitrogen functional groups attached to an aromatic ring is 1. The number of fused-ring (bicyclic) bond motifs is 1. The number of rotatable bonds is 2. The van der Waals surface area contributed by atoms with E-state index in [-0.39, 0.29) is 23.2 Å². The first-order chi connectivity index (χ1) is 9.93. The molecule has 2 aromatic heterocycles. The highest BCUT2D eigenvalue weighted by molar-refractivity contribution is 5.84. The fourth-order valence-electron chi connectivity index (χ4n) is 1.74. The molecule has 0 saturated carbocycles. The highest BCUT2D eigenvalue weighted by Crippen LogP contribution is 2.32. The zero-order valence-electron chi connectivity index (χ0n) is 10.4. The molecule has 108 valence electrons. The van der Waals surface area contributed by atoms with Crippen molar-refractivity contribution in [3.8, 4) is 11.6 Å². The van der Waals surface area contributed by atoms with Gasteiger partial charge < -0.3 is 15.0 Å². The minimum absolute atomic E-state index is 0.0177. The smallest absolute Gasteiger partial charge is 0.416 e. The highest BCUT2D eigenvalue weighted by atomic mass is 19.4. The maximum absolute atomic E-state index is 12.6. The van der Waals surface area contributed by atoms with Crippen molar-refractivity contribution >= 4 is 16.9 Å². The second-order valence-electron chi connectivity index (χ2n) is 4.20. The average molecular weight is 295 g/mol. The number of pyridine rings is 1. The lowest BCUT2D eigenvalue weighted by Gasteiger charge is -2.09. The van der Waals surface area contributed by atoms with Crippen molar-refractivity contribution in [3.05, 3.63) is 42.0 Å². The van der Waals surface area contributed by atoms with Gasteiger partial charge in [-0.1, -0.05) is 11.2 Å². The number of anilines is 1. The van der Waals surface area contributed by atoms with Crippen molar-refractivity contribution in [3.63, 3.8) is 0 Å². The Morgan fingerprint density at radius 1 is 1.14 bits per heavy atom. The lowest BCUT2D eigenvalue weighted by Crippen LogP contribution is -2.04. The maximum atomic E-state index is 12.6. The Morgan fingerprint density at radius 3 is 2.71 bits per heavy atom. The monoisotopic (exact) mass is 295 g/mol.